The molecule has 4 unspecified atom stereocenters. The summed E-state index contributed by atoms with van der Waals surface area (Å²) in [6.45, 7) is 20.8. The van der Waals surface area contributed by atoms with Gasteiger partial charge in [-0.15, -0.1) is 0 Å². The van der Waals surface area contributed by atoms with Crippen LogP contribution in [0, 0.1) is 34.5 Å². The minimum atomic E-state index is -1.81. The van der Waals surface area contributed by atoms with Crippen molar-refractivity contribution < 1.29 is 18.7 Å². The van der Waals surface area contributed by atoms with Crippen LogP contribution >= 0.6 is 0 Å². The fraction of sp³-hybridized carbons (Fsp3) is 0.964. The van der Waals surface area contributed by atoms with E-state index in [1.807, 2.05) is 0 Å². The molecule has 5 fully saturated rings. The summed E-state index contributed by atoms with van der Waals surface area (Å²) in [6.07, 6.45) is 8.05. The number of fused-ring (bicyclic) bond motifs is 8. The molecule has 0 aromatic heterocycles. The minimum Gasteiger partial charge on any atom is -0.414 e. The standard InChI is InChI=1S/C28H48O4Si/c1-25(2,3)33(8,9)32-17-12-14-27(6)19-13-15-28(7)18(10-11-21(28)29)22(19)24-23(20(27)16-17)30-26(4,5)31-24/h17-20,22-24H,10-16H2,1-9H3/t17-,18?,19?,20?,22?,23+,24+,27+,28-/m0/s1. The Morgan fingerprint density at radius 2 is 1.58 bits per heavy atom. The number of ether oxygens (including phenoxy) is 2. The second-order valence-electron chi connectivity index (χ2n) is 14.7. The van der Waals surface area contributed by atoms with Crippen LogP contribution in [-0.2, 0) is 18.7 Å². The van der Waals surface area contributed by atoms with E-state index in [2.05, 4.69) is 61.6 Å². The monoisotopic (exact) mass is 476 g/mol. The molecule has 0 amide bonds. The van der Waals surface area contributed by atoms with Crippen LogP contribution in [0.15, 0.2) is 0 Å². The molecule has 188 valence electrons. The number of Topliss-reactive ketones (excluding diaryl/α,β-unsaturated/α-hetero) is 1. The number of carbonyl (C=O) groups is 1. The Labute approximate surface area is 203 Å². The van der Waals surface area contributed by atoms with Gasteiger partial charge in [-0.1, -0.05) is 34.6 Å². The topological polar surface area (TPSA) is 44.8 Å². The summed E-state index contributed by atoms with van der Waals surface area (Å²) >= 11 is 0. The van der Waals surface area contributed by atoms with Gasteiger partial charge in [-0.2, -0.15) is 0 Å². The van der Waals surface area contributed by atoms with Crippen molar-refractivity contribution in [3.63, 3.8) is 0 Å². The highest BCUT2D eigenvalue weighted by Gasteiger charge is 2.68. The molecule has 0 aromatic rings. The SMILES string of the molecule is CC1(C)O[C@@H]2C3C(CC[C@]4(C)C(=O)CCC34)[C@@]3(C)CC[C@H](O[Si](C)(C)C(C)(C)C)CC3[C@H]2O1. The number of carbonyl (C=O) groups excluding carboxylic acids is 1. The van der Waals surface area contributed by atoms with Crippen molar-refractivity contribution in [2.75, 3.05) is 0 Å². The summed E-state index contributed by atoms with van der Waals surface area (Å²) in [7, 11) is -1.81. The van der Waals surface area contributed by atoms with Crippen LogP contribution in [0.5, 0.6) is 0 Å². The second kappa shape index (κ2) is 7.40. The average Bonchev–Trinajstić information content (AvgIpc) is 3.17. The first kappa shape index (κ1) is 24.5. The average molecular weight is 477 g/mol. The molecule has 1 saturated heterocycles. The summed E-state index contributed by atoms with van der Waals surface area (Å²) < 4.78 is 20.4. The highest BCUT2D eigenvalue weighted by molar-refractivity contribution is 6.74. The summed E-state index contributed by atoms with van der Waals surface area (Å²) in [6, 6.07) is 0. The Bertz CT molecular complexity index is 815. The van der Waals surface area contributed by atoms with Crippen molar-refractivity contribution in [1.29, 1.82) is 0 Å². The van der Waals surface area contributed by atoms with Gasteiger partial charge in [0.25, 0.3) is 0 Å². The number of ketones is 1. The Morgan fingerprint density at radius 1 is 0.909 bits per heavy atom. The molecule has 4 nitrogen and oxygen atoms in total. The summed E-state index contributed by atoms with van der Waals surface area (Å²) in [5, 5.41) is 0.228. The van der Waals surface area contributed by atoms with Crippen molar-refractivity contribution in [3.05, 3.63) is 0 Å². The van der Waals surface area contributed by atoms with Crippen molar-refractivity contribution in [3.8, 4) is 0 Å². The van der Waals surface area contributed by atoms with Gasteiger partial charge in [-0.3, -0.25) is 4.79 Å². The summed E-state index contributed by atoms with van der Waals surface area (Å²) in [5.41, 5.74) is 0.101. The maximum absolute atomic E-state index is 13.0. The first-order chi connectivity index (χ1) is 15.1. The van der Waals surface area contributed by atoms with E-state index >= 15 is 0 Å². The molecule has 0 spiro atoms. The first-order valence-corrected chi connectivity index (χ1v) is 16.6. The zero-order chi connectivity index (χ0) is 24.2. The number of rotatable bonds is 2. The molecule has 5 aliphatic rings. The van der Waals surface area contributed by atoms with E-state index in [4.69, 9.17) is 13.9 Å². The van der Waals surface area contributed by atoms with E-state index < -0.39 is 14.1 Å². The van der Waals surface area contributed by atoms with Crippen LogP contribution < -0.4 is 0 Å². The van der Waals surface area contributed by atoms with Gasteiger partial charge in [0.1, 0.15) is 5.78 Å². The van der Waals surface area contributed by atoms with E-state index in [-0.39, 0.29) is 28.1 Å². The van der Waals surface area contributed by atoms with Crippen LogP contribution in [0.4, 0.5) is 0 Å². The molecule has 4 aliphatic carbocycles. The van der Waals surface area contributed by atoms with E-state index in [9.17, 15) is 4.79 Å². The van der Waals surface area contributed by atoms with Crippen LogP contribution in [0.1, 0.15) is 93.4 Å². The molecule has 5 rings (SSSR count). The smallest absolute Gasteiger partial charge is 0.192 e. The molecule has 0 radical (unpaired) electrons. The van der Waals surface area contributed by atoms with E-state index in [1.54, 1.807) is 0 Å². The molecular formula is C28H48O4Si. The van der Waals surface area contributed by atoms with Gasteiger partial charge >= 0.3 is 0 Å². The third-order valence-corrected chi connectivity index (χ3v) is 16.0. The van der Waals surface area contributed by atoms with E-state index in [0.717, 1.165) is 38.5 Å². The Kier molecular flexibility index (Phi) is 5.48. The largest absolute Gasteiger partial charge is 0.414 e. The molecule has 9 atom stereocenters. The Balaban J connectivity index is 1.47. The molecule has 33 heavy (non-hydrogen) atoms. The van der Waals surface area contributed by atoms with Gasteiger partial charge in [0.05, 0.1) is 12.2 Å². The molecule has 0 bridgehead atoms. The Hall–Kier alpha value is -0.233. The minimum absolute atomic E-state index is 0.116. The maximum Gasteiger partial charge on any atom is 0.192 e. The lowest BCUT2D eigenvalue weighted by Crippen LogP contribution is -2.63. The van der Waals surface area contributed by atoms with Gasteiger partial charge in [0.15, 0.2) is 14.1 Å². The van der Waals surface area contributed by atoms with Crippen molar-refractivity contribution in [2.45, 2.75) is 136 Å². The molecule has 4 saturated carbocycles. The molecule has 0 aromatic carbocycles. The van der Waals surface area contributed by atoms with Gasteiger partial charge in [-0.05, 0) is 99.6 Å². The normalized spacial score (nSPS) is 49.2. The lowest BCUT2D eigenvalue weighted by molar-refractivity contribution is -0.185. The Morgan fingerprint density at radius 3 is 2.24 bits per heavy atom. The third kappa shape index (κ3) is 3.57. The van der Waals surface area contributed by atoms with Crippen LogP contribution in [-0.4, -0.2) is 38.2 Å². The van der Waals surface area contributed by atoms with Crippen LogP contribution in [0.3, 0.4) is 0 Å². The van der Waals surface area contributed by atoms with Gasteiger partial charge in [0, 0.05) is 17.9 Å². The fourth-order valence-electron chi connectivity index (χ4n) is 8.62. The predicted molar refractivity (Wildman–Crippen MR) is 133 cm³/mol. The highest BCUT2D eigenvalue weighted by Crippen LogP contribution is 2.68. The number of hydrogen-bond acceptors (Lipinski definition) is 4. The zero-order valence-electron chi connectivity index (χ0n) is 22.6. The maximum atomic E-state index is 13.0. The second-order valence-corrected chi connectivity index (χ2v) is 19.4. The first-order valence-electron chi connectivity index (χ1n) is 13.7. The quantitative estimate of drug-likeness (QED) is 0.415. The van der Waals surface area contributed by atoms with Crippen molar-refractivity contribution in [1.82, 2.24) is 0 Å². The zero-order valence-corrected chi connectivity index (χ0v) is 23.6. The predicted octanol–water partition coefficient (Wildman–Crippen LogP) is 6.73. The van der Waals surface area contributed by atoms with Gasteiger partial charge < -0.3 is 13.9 Å². The molecule has 1 aliphatic heterocycles. The lowest BCUT2D eigenvalue weighted by atomic mass is 9.44. The van der Waals surface area contributed by atoms with Gasteiger partial charge in [0.2, 0.25) is 0 Å². The van der Waals surface area contributed by atoms with Crippen molar-refractivity contribution >= 4 is 14.1 Å². The van der Waals surface area contributed by atoms with Crippen molar-refractivity contribution in [2.24, 2.45) is 34.5 Å². The lowest BCUT2D eigenvalue weighted by Gasteiger charge is -2.63. The van der Waals surface area contributed by atoms with Crippen LogP contribution in [0.25, 0.3) is 0 Å². The van der Waals surface area contributed by atoms with E-state index in [0.29, 0.717) is 35.6 Å². The summed E-state index contributed by atoms with van der Waals surface area (Å²) in [4.78, 5) is 13.0. The highest BCUT2D eigenvalue weighted by atomic mass is 28.4. The third-order valence-electron chi connectivity index (χ3n) is 11.5. The fourth-order valence-corrected chi connectivity index (χ4v) is 10.0. The van der Waals surface area contributed by atoms with Gasteiger partial charge in [-0.25, -0.2) is 0 Å². The number of hydrogen-bond donors (Lipinski definition) is 0. The molecule has 1 heterocycles. The van der Waals surface area contributed by atoms with Crippen LogP contribution in [0.2, 0.25) is 18.1 Å². The molecule has 5 heteroatoms. The molecule has 0 N–H and O–H groups in total. The summed E-state index contributed by atoms with van der Waals surface area (Å²) in [5.74, 6) is 1.94. The van der Waals surface area contributed by atoms with E-state index in [1.165, 1.54) is 6.42 Å². The molecular weight excluding hydrogens is 428 g/mol.